The van der Waals surface area contributed by atoms with Crippen molar-refractivity contribution in [2.45, 2.75) is 25.8 Å². The quantitative estimate of drug-likeness (QED) is 0.748. The minimum Gasteiger partial charge on any atom is -0.310 e. The summed E-state index contributed by atoms with van der Waals surface area (Å²) in [6.07, 6.45) is 1.73. The lowest BCUT2D eigenvalue weighted by atomic mass is 10.0. The third kappa shape index (κ3) is 4.70. The fourth-order valence-electron chi connectivity index (χ4n) is 2.31. The molecule has 2 aromatic carbocycles. The van der Waals surface area contributed by atoms with Crippen molar-refractivity contribution in [1.82, 2.24) is 5.32 Å². The van der Waals surface area contributed by atoms with Gasteiger partial charge in [-0.2, -0.15) is 0 Å². The summed E-state index contributed by atoms with van der Waals surface area (Å²) in [5.74, 6) is -0.191. The number of hydrogen-bond acceptors (Lipinski definition) is 1. The van der Waals surface area contributed by atoms with Crippen LogP contribution in [0.25, 0.3) is 0 Å². The molecule has 2 rings (SSSR count). The number of benzene rings is 2. The highest BCUT2D eigenvalue weighted by Crippen LogP contribution is 2.26. The van der Waals surface area contributed by atoms with E-state index in [1.807, 2.05) is 24.3 Å². The number of hydrogen-bond donors (Lipinski definition) is 1. The Labute approximate surface area is 135 Å². The Bertz CT molecular complexity index is 601. The Balaban J connectivity index is 1.94. The summed E-state index contributed by atoms with van der Waals surface area (Å²) in [4.78, 5) is 0. The van der Waals surface area contributed by atoms with Crippen LogP contribution < -0.4 is 5.32 Å². The maximum Gasteiger partial charge on any atom is 0.123 e. The van der Waals surface area contributed by atoms with Gasteiger partial charge in [0.15, 0.2) is 0 Å². The van der Waals surface area contributed by atoms with Crippen LogP contribution in [-0.2, 0) is 6.42 Å². The normalized spacial score (nSPS) is 12.4. The SMILES string of the molecule is CCC(NCCc1cccc(F)c1)c1ccc(Cl)c(Cl)c1. The molecule has 4 heteroatoms. The van der Waals surface area contributed by atoms with Gasteiger partial charge in [-0.25, -0.2) is 4.39 Å². The molecular weight excluding hydrogens is 308 g/mol. The standard InChI is InChI=1S/C17H18Cl2FN/c1-2-17(13-6-7-15(18)16(19)11-13)21-9-8-12-4-3-5-14(20)10-12/h3-7,10-11,17,21H,2,8-9H2,1H3. The molecule has 0 aliphatic carbocycles. The number of nitrogens with one attached hydrogen (secondary N) is 1. The third-order valence-electron chi connectivity index (χ3n) is 3.45. The summed E-state index contributed by atoms with van der Waals surface area (Å²) in [7, 11) is 0. The van der Waals surface area contributed by atoms with E-state index >= 15 is 0 Å². The van der Waals surface area contributed by atoms with Gasteiger partial charge in [-0.05, 0) is 54.8 Å². The van der Waals surface area contributed by atoms with E-state index in [1.54, 1.807) is 12.1 Å². The van der Waals surface area contributed by atoms with Crippen LogP contribution in [0.5, 0.6) is 0 Å². The first kappa shape index (κ1) is 16.3. The molecule has 0 spiro atoms. The van der Waals surface area contributed by atoms with E-state index in [0.29, 0.717) is 10.0 Å². The van der Waals surface area contributed by atoms with E-state index in [4.69, 9.17) is 23.2 Å². The molecule has 0 aliphatic heterocycles. The molecule has 112 valence electrons. The zero-order valence-electron chi connectivity index (χ0n) is 11.9. The maximum absolute atomic E-state index is 13.1. The molecule has 21 heavy (non-hydrogen) atoms. The van der Waals surface area contributed by atoms with Crippen molar-refractivity contribution in [1.29, 1.82) is 0 Å². The molecule has 0 aromatic heterocycles. The van der Waals surface area contributed by atoms with Crippen LogP contribution >= 0.6 is 23.2 Å². The first-order valence-electron chi connectivity index (χ1n) is 7.03. The van der Waals surface area contributed by atoms with Crippen LogP contribution in [0, 0.1) is 5.82 Å². The van der Waals surface area contributed by atoms with Gasteiger partial charge in [0.1, 0.15) is 5.82 Å². The van der Waals surface area contributed by atoms with Crippen molar-refractivity contribution in [3.05, 3.63) is 69.5 Å². The third-order valence-corrected chi connectivity index (χ3v) is 4.19. The van der Waals surface area contributed by atoms with Crippen molar-refractivity contribution in [2.24, 2.45) is 0 Å². The first-order valence-corrected chi connectivity index (χ1v) is 7.78. The zero-order valence-corrected chi connectivity index (χ0v) is 13.4. The van der Waals surface area contributed by atoms with Gasteiger partial charge in [-0.1, -0.05) is 48.3 Å². The lowest BCUT2D eigenvalue weighted by Gasteiger charge is -2.18. The van der Waals surface area contributed by atoms with Crippen molar-refractivity contribution >= 4 is 23.2 Å². The fourth-order valence-corrected chi connectivity index (χ4v) is 2.62. The maximum atomic E-state index is 13.1. The lowest BCUT2D eigenvalue weighted by molar-refractivity contribution is 0.522. The lowest BCUT2D eigenvalue weighted by Crippen LogP contribution is -2.23. The molecule has 0 heterocycles. The van der Waals surface area contributed by atoms with Crippen molar-refractivity contribution in [3.8, 4) is 0 Å². The summed E-state index contributed by atoms with van der Waals surface area (Å²) in [5, 5.41) is 4.61. The van der Waals surface area contributed by atoms with Gasteiger partial charge in [0, 0.05) is 6.04 Å². The molecule has 0 fully saturated rings. The van der Waals surface area contributed by atoms with E-state index in [2.05, 4.69) is 12.2 Å². The highest BCUT2D eigenvalue weighted by molar-refractivity contribution is 6.42. The number of halogens is 3. The molecule has 1 N–H and O–H groups in total. The van der Waals surface area contributed by atoms with Gasteiger partial charge in [0.2, 0.25) is 0 Å². The smallest absolute Gasteiger partial charge is 0.123 e. The first-order chi connectivity index (χ1) is 10.1. The highest BCUT2D eigenvalue weighted by atomic mass is 35.5. The summed E-state index contributed by atoms with van der Waals surface area (Å²) in [6.45, 7) is 2.89. The molecule has 0 radical (unpaired) electrons. The average Bonchev–Trinajstić information content (AvgIpc) is 2.47. The Kier molecular flexibility index (Phi) is 6.04. The van der Waals surface area contributed by atoms with E-state index in [9.17, 15) is 4.39 Å². The largest absolute Gasteiger partial charge is 0.310 e. The van der Waals surface area contributed by atoms with Gasteiger partial charge in [0.05, 0.1) is 10.0 Å². The summed E-state index contributed by atoms with van der Waals surface area (Å²) >= 11 is 12.0. The molecule has 1 nitrogen and oxygen atoms in total. The molecule has 1 atom stereocenters. The van der Waals surface area contributed by atoms with Gasteiger partial charge >= 0.3 is 0 Å². The molecule has 0 bridgehead atoms. The minimum absolute atomic E-state index is 0.191. The van der Waals surface area contributed by atoms with E-state index in [0.717, 1.165) is 30.5 Å². The summed E-state index contributed by atoms with van der Waals surface area (Å²) in [6, 6.07) is 12.6. The van der Waals surface area contributed by atoms with Gasteiger partial charge in [-0.3, -0.25) is 0 Å². The second kappa shape index (κ2) is 7.79. The van der Waals surface area contributed by atoms with Crippen LogP contribution in [-0.4, -0.2) is 6.54 Å². The van der Waals surface area contributed by atoms with E-state index in [1.165, 1.54) is 6.07 Å². The molecule has 0 saturated carbocycles. The second-order valence-corrected chi connectivity index (χ2v) is 5.78. The van der Waals surface area contributed by atoms with E-state index < -0.39 is 0 Å². The minimum atomic E-state index is -0.191. The van der Waals surface area contributed by atoms with Crippen molar-refractivity contribution in [2.75, 3.05) is 6.54 Å². The fraction of sp³-hybridized carbons (Fsp3) is 0.294. The van der Waals surface area contributed by atoms with Gasteiger partial charge < -0.3 is 5.32 Å². The van der Waals surface area contributed by atoms with Gasteiger partial charge in [0.25, 0.3) is 0 Å². The predicted molar refractivity (Wildman–Crippen MR) is 87.6 cm³/mol. The molecule has 0 amide bonds. The molecule has 2 aromatic rings. The topological polar surface area (TPSA) is 12.0 Å². The van der Waals surface area contributed by atoms with Crippen LogP contribution in [0.3, 0.4) is 0 Å². The predicted octanol–water partition coefficient (Wildman–Crippen LogP) is 5.42. The Morgan fingerprint density at radius 1 is 1.10 bits per heavy atom. The molecular formula is C17H18Cl2FN. The molecule has 0 aliphatic rings. The van der Waals surface area contributed by atoms with Crippen LogP contribution in [0.15, 0.2) is 42.5 Å². The highest BCUT2D eigenvalue weighted by Gasteiger charge is 2.10. The molecule has 0 saturated heterocycles. The number of rotatable bonds is 6. The Morgan fingerprint density at radius 2 is 1.90 bits per heavy atom. The molecule has 1 unspecified atom stereocenters. The Hall–Kier alpha value is -1.09. The van der Waals surface area contributed by atoms with Crippen LogP contribution in [0.1, 0.15) is 30.5 Å². The monoisotopic (exact) mass is 325 g/mol. The Morgan fingerprint density at radius 3 is 2.57 bits per heavy atom. The zero-order chi connectivity index (χ0) is 15.2. The van der Waals surface area contributed by atoms with Crippen molar-refractivity contribution < 1.29 is 4.39 Å². The van der Waals surface area contributed by atoms with Crippen LogP contribution in [0.4, 0.5) is 4.39 Å². The average molecular weight is 326 g/mol. The summed E-state index contributed by atoms with van der Waals surface area (Å²) in [5.41, 5.74) is 2.11. The van der Waals surface area contributed by atoms with Crippen molar-refractivity contribution in [3.63, 3.8) is 0 Å². The van der Waals surface area contributed by atoms with E-state index in [-0.39, 0.29) is 11.9 Å². The second-order valence-electron chi connectivity index (χ2n) is 4.97. The van der Waals surface area contributed by atoms with Gasteiger partial charge in [-0.15, -0.1) is 0 Å². The summed E-state index contributed by atoms with van der Waals surface area (Å²) < 4.78 is 13.1. The van der Waals surface area contributed by atoms with Crippen LogP contribution in [0.2, 0.25) is 10.0 Å².